The molecule has 1 aromatic rings. The van der Waals surface area contributed by atoms with Crippen LogP contribution in [0.4, 0.5) is 0 Å². The maximum absolute atomic E-state index is 5.42. The Morgan fingerprint density at radius 3 is 2.81 bits per heavy atom. The molecule has 3 heteroatoms. The summed E-state index contributed by atoms with van der Waals surface area (Å²) in [6, 6.07) is 9.09. The third-order valence-electron chi connectivity index (χ3n) is 2.75. The molecule has 1 aromatic carbocycles. The van der Waals surface area contributed by atoms with E-state index in [1.807, 2.05) is 30.8 Å². The lowest BCUT2D eigenvalue weighted by molar-refractivity contribution is 0.340. The summed E-state index contributed by atoms with van der Waals surface area (Å²) >= 11 is 1.93. The first-order chi connectivity index (χ1) is 7.88. The molecule has 0 saturated carbocycles. The molecule has 88 valence electrons. The second-order valence-corrected chi connectivity index (χ2v) is 5.10. The van der Waals surface area contributed by atoms with E-state index in [-0.39, 0.29) is 0 Å². The molecule has 2 rings (SSSR count). The van der Waals surface area contributed by atoms with Crippen molar-refractivity contribution in [1.29, 1.82) is 0 Å². The monoisotopic (exact) mass is 237 g/mol. The summed E-state index contributed by atoms with van der Waals surface area (Å²) in [5.41, 5.74) is 0. The van der Waals surface area contributed by atoms with Crippen molar-refractivity contribution in [3.8, 4) is 5.75 Å². The van der Waals surface area contributed by atoms with Crippen LogP contribution in [0.3, 0.4) is 0 Å². The first kappa shape index (κ1) is 11.8. The molecular weight excluding hydrogens is 218 g/mol. The van der Waals surface area contributed by atoms with Gasteiger partial charge in [-0.3, -0.25) is 0 Å². The van der Waals surface area contributed by atoms with Crippen LogP contribution >= 0.6 is 11.8 Å². The minimum absolute atomic E-state index is 0.705. The molecule has 1 aliphatic rings. The molecule has 0 aliphatic carbocycles. The largest absolute Gasteiger partial charge is 0.494 e. The fourth-order valence-electron chi connectivity index (χ4n) is 1.89. The van der Waals surface area contributed by atoms with Gasteiger partial charge in [-0.2, -0.15) is 0 Å². The van der Waals surface area contributed by atoms with E-state index in [4.69, 9.17) is 4.74 Å². The molecule has 0 aromatic heterocycles. The maximum atomic E-state index is 5.42. The molecular formula is C13H19NOS. The van der Waals surface area contributed by atoms with Crippen molar-refractivity contribution in [1.82, 2.24) is 5.32 Å². The number of hydrogen-bond donors (Lipinski definition) is 1. The first-order valence-electron chi connectivity index (χ1n) is 5.97. The summed E-state index contributed by atoms with van der Waals surface area (Å²) in [5.74, 6) is 2.14. The Bertz CT molecular complexity index is 306. The summed E-state index contributed by atoms with van der Waals surface area (Å²) in [4.78, 5) is 1.33. The Morgan fingerprint density at radius 1 is 1.38 bits per heavy atom. The highest BCUT2D eigenvalue weighted by Gasteiger charge is 2.13. The summed E-state index contributed by atoms with van der Waals surface area (Å²) < 4.78 is 5.42. The van der Waals surface area contributed by atoms with Crippen LogP contribution in [0.5, 0.6) is 5.75 Å². The highest BCUT2D eigenvalue weighted by atomic mass is 32.2. The quantitative estimate of drug-likeness (QED) is 0.796. The molecule has 1 N–H and O–H groups in total. The van der Waals surface area contributed by atoms with Gasteiger partial charge in [0.05, 0.1) is 6.61 Å². The van der Waals surface area contributed by atoms with Gasteiger partial charge in [-0.05, 0) is 50.6 Å². The molecule has 0 spiro atoms. The number of nitrogens with one attached hydrogen (secondary N) is 1. The zero-order valence-corrected chi connectivity index (χ0v) is 10.6. The molecule has 0 radical (unpaired) electrons. The van der Waals surface area contributed by atoms with Crippen LogP contribution < -0.4 is 10.1 Å². The van der Waals surface area contributed by atoms with Crippen molar-refractivity contribution in [2.24, 2.45) is 0 Å². The van der Waals surface area contributed by atoms with Gasteiger partial charge < -0.3 is 10.1 Å². The zero-order valence-electron chi connectivity index (χ0n) is 9.74. The SMILES string of the molecule is CCOc1ccc(SCC2CCCN2)cc1. The van der Waals surface area contributed by atoms with Gasteiger partial charge in [0, 0.05) is 16.7 Å². The highest BCUT2D eigenvalue weighted by molar-refractivity contribution is 7.99. The number of benzene rings is 1. The normalized spacial score (nSPS) is 19.9. The van der Waals surface area contributed by atoms with E-state index in [1.165, 1.54) is 30.0 Å². The van der Waals surface area contributed by atoms with E-state index in [2.05, 4.69) is 17.4 Å². The van der Waals surface area contributed by atoms with Crippen LogP contribution in [0.15, 0.2) is 29.2 Å². The Hall–Kier alpha value is -0.670. The summed E-state index contributed by atoms with van der Waals surface area (Å²) in [5, 5.41) is 3.51. The van der Waals surface area contributed by atoms with E-state index in [1.54, 1.807) is 0 Å². The molecule has 1 heterocycles. The van der Waals surface area contributed by atoms with Crippen LogP contribution in [0.25, 0.3) is 0 Å². The van der Waals surface area contributed by atoms with Crippen LogP contribution in [-0.4, -0.2) is 24.9 Å². The minimum atomic E-state index is 0.705. The van der Waals surface area contributed by atoms with E-state index >= 15 is 0 Å². The van der Waals surface area contributed by atoms with Crippen molar-refractivity contribution < 1.29 is 4.74 Å². The van der Waals surface area contributed by atoms with E-state index in [0.29, 0.717) is 6.04 Å². The Labute approximate surface area is 102 Å². The number of hydrogen-bond acceptors (Lipinski definition) is 3. The Balaban J connectivity index is 1.80. The third kappa shape index (κ3) is 3.42. The van der Waals surface area contributed by atoms with Gasteiger partial charge in [0.25, 0.3) is 0 Å². The van der Waals surface area contributed by atoms with Crippen molar-refractivity contribution in [2.75, 3.05) is 18.9 Å². The Kier molecular flexibility index (Phi) is 4.55. The maximum Gasteiger partial charge on any atom is 0.119 e. The summed E-state index contributed by atoms with van der Waals surface area (Å²) in [6.07, 6.45) is 2.65. The van der Waals surface area contributed by atoms with E-state index in [9.17, 15) is 0 Å². The molecule has 1 atom stereocenters. The second kappa shape index (κ2) is 6.16. The van der Waals surface area contributed by atoms with Crippen LogP contribution in [-0.2, 0) is 0 Å². The fourth-order valence-corrected chi connectivity index (χ4v) is 2.90. The van der Waals surface area contributed by atoms with E-state index in [0.717, 1.165) is 12.4 Å². The molecule has 0 bridgehead atoms. The smallest absolute Gasteiger partial charge is 0.119 e. The minimum Gasteiger partial charge on any atom is -0.494 e. The third-order valence-corrected chi connectivity index (χ3v) is 3.92. The molecule has 1 saturated heterocycles. The first-order valence-corrected chi connectivity index (χ1v) is 6.96. The van der Waals surface area contributed by atoms with E-state index < -0.39 is 0 Å². The predicted octanol–water partition coefficient (Wildman–Crippen LogP) is 2.93. The van der Waals surface area contributed by atoms with Crippen LogP contribution in [0.2, 0.25) is 0 Å². The highest BCUT2D eigenvalue weighted by Crippen LogP contribution is 2.23. The summed E-state index contributed by atoms with van der Waals surface area (Å²) in [7, 11) is 0. The number of thioether (sulfide) groups is 1. The van der Waals surface area contributed by atoms with Crippen molar-refractivity contribution in [2.45, 2.75) is 30.7 Å². The molecule has 1 aliphatic heterocycles. The lowest BCUT2D eigenvalue weighted by Crippen LogP contribution is -2.23. The average molecular weight is 237 g/mol. The summed E-state index contributed by atoms with van der Waals surface area (Å²) in [6.45, 7) is 3.93. The number of rotatable bonds is 5. The second-order valence-electron chi connectivity index (χ2n) is 4.01. The lowest BCUT2D eigenvalue weighted by Gasteiger charge is -2.09. The molecule has 0 amide bonds. The van der Waals surface area contributed by atoms with Gasteiger partial charge >= 0.3 is 0 Å². The van der Waals surface area contributed by atoms with Crippen LogP contribution in [0.1, 0.15) is 19.8 Å². The van der Waals surface area contributed by atoms with Gasteiger partial charge in [0.1, 0.15) is 5.75 Å². The molecule has 2 nitrogen and oxygen atoms in total. The molecule has 1 fully saturated rings. The zero-order chi connectivity index (χ0) is 11.2. The molecule has 16 heavy (non-hydrogen) atoms. The van der Waals surface area contributed by atoms with Gasteiger partial charge in [0.15, 0.2) is 0 Å². The number of ether oxygens (including phenoxy) is 1. The standard InChI is InChI=1S/C13H19NOS/c1-2-15-12-5-7-13(8-6-12)16-10-11-4-3-9-14-11/h5-8,11,14H,2-4,9-10H2,1H3. The Morgan fingerprint density at radius 2 is 2.19 bits per heavy atom. The van der Waals surface area contributed by atoms with Gasteiger partial charge in [-0.1, -0.05) is 0 Å². The average Bonchev–Trinajstić information content (AvgIpc) is 2.82. The van der Waals surface area contributed by atoms with Crippen molar-refractivity contribution in [3.05, 3.63) is 24.3 Å². The fraction of sp³-hybridized carbons (Fsp3) is 0.538. The van der Waals surface area contributed by atoms with Gasteiger partial charge in [0.2, 0.25) is 0 Å². The topological polar surface area (TPSA) is 21.3 Å². The van der Waals surface area contributed by atoms with Crippen LogP contribution in [0, 0.1) is 0 Å². The van der Waals surface area contributed by atoms with Gasteiger partial charge in [-0.25, -0.2) is 0 Å². The van der Waals surface area contributed by atoms with Gasteiger partial charge in [-0.15, -0.1) is 11.8 Å². The van der Waals surface area contributed by atoms with Crippen molar-refractivity contribution in [3.63, 3.8) is 0 Å². The molecule has 1 unspecified atom stereocenters. The van der Waals surface area contributed by atoms with Crippen molar-refractivity contribution >= 4 is 11.8 Å². The lowest BCUT2D eigenvalue weighted by atomic mass is 10.3. The predicted molar refractivity (Wildman–Crippen MR) is 69.4 cm³/mol.